The lowest BCUT2D eigenvalue weighted by Gasteiger charge is -2.18. The number of anilines is 1. The number of hydrogen-bond acceptors (Lipinski definition) is 3. The summed E-state index contributed by atoms with van der Waals surface area (Å²) in [7, 11) is -3.09. The number of rotatable bonds is 4. The van der Waals surface area contributed by atoms with Crippen LogP contribution in [0.4, 0.5) is 5.69 Å². The van der Waals surface area contributed by atoms with Crippen molar-refractivity contribution in [2.24, 2.45) is 5.92 Å². The smallest absolute Gasteiger partial charge is 0.208 e. The maximum absolute atomic E-state index is 11.0. The normalized spacial score (nSPS) is 20.3. The van der Waals surface area contributed by atoms with Crippen molar-refractivity contribution in [2.75, 3.05) is 30.8 Å². The topological polar surface area (TPSA) is 49.4 Å². The Kier molecular flexibility index (Phi) is 4.14. The highest BCUT2D eigenvalue weighted by molar-refractivity contribution is 7.88. The Bertz CT molecular complexity index is 501. The van der Waals surface area contributed by atoms with E-state index in [9.17, 15) is 8.42 Å². The highest BCUT2D eigenvalue weighted by Crippen LogP contribution is 2.24. The molecule has 100 valence electrons. The maximum Gasteiger partial charge on any atom is 0.208 e. The fourth-order valence-corrected chi connectivity index (χ4v) is 2.82. The van der Waals surface area contributed by atoms with Crippen LogP contribution in [0.1, 0.15) is 6.42 Å². The molecule has 0 amide bonds. The Hall–Kier alpha value is -0.780. The molecule has 0 radical (unpaired) electrons. The molecule has 0 aliphatic carbocycles. The summed E-state index contributed by atoms with van der Waals surface area (Å²) < 4.78 is 24.6. The Morgan fingerprint density at radius 3 is 2.67 bits per heavy atom. The molecule has 0 aromatic heterocycles. The van der Waals surface area contributed by atoms with Crippen LogP contribution in [0.25, 0.3) is 0 Å². The fraction of sp³-hybridized carbons (Fsp3) is 0.500. The van der Waals surface area contributed by atoms with E-state index in [1.54, 1.807) is 0 Å². The Balaban J connectivity index is 1.90. The second kappa shape index (κ2) is 5.47. The first-order valence-electron chi connectivity index (χ1n) is 5.89. The molecule has 4 nitrogen and oxygen atoms in total. The van der Waals surface area contributed by atoms with E-state index in [0.29, 0.717) is 12.5 Å². The summed E-state index contributed by atoms with van der Waals surface area (Å²) in [5.41, 5.74) is 1.14. The van der Waals surface area contributed by atoms with E-state index in [2.05, 4.69) is 9.62 Å². The van der Waals surface area contributed by atoms with Gasteiger partial charge in [0, 0.05) is 30.3 Å². The van der Waals surface area contributed by atoms with Crippen molar-refractivity contribution in [1.29, 1.82) is 0 Å². The zero-order chi connectivity index (χ0) is 13.2. The molecule has 1 heterocycles. The average Bonchev–Trinajstić information content (AvgIpc) is 2.75. The molecule has 1 aliphatic rings. The van der Waals surface area contributed by atoms with Crippen LogP contribution in [0, 0.1) is 5.92 Å². The third kappa shape index (κ3) is 3.86. The minimum atomic E-state index is -3.09. The molecule has 1 N–H and O–H groups in total. The molecule has 1 unspecified atom stereocenters. The first-order chi connectivity index (χ1) is 8.44. The molecular formula is C12H17ClN2O2S. The van der Waals surface area contributed by atoms with Gasteiger partial charge in [-0.1, -0.05) is 11.6 Å². The van der Waals surface area contributed by atoms with Crippen LogP contribution >= 0.6 is 11.6 Å². The average molecular weight is 289 g/mol. The highest BCUT2D eigenvalue weighted by atomic mass is 35.5. The summed E-state index contributed by atoms with van der Waals surface area (Å²) in [6.07, 6.45) is 2.20. The number of halogens is 1. The van der Waals surface area contributed by atoms with Gasteiger partial charge in [0.1, 0.15) is 0 Å². The van der Waals surface area contributed by atoms with E-state index in [4.69, 9.17) is 11.6 Å². The molecule has 1 saturated heterocycles. The number of nitrogens with one attached hydrogen (secondary N) is 1. The fourth-order valence-electron chi connectivity index (χ4n) is 2.15. The molecule has 1 fully saturated rings. The van der Waals surface area contributed by atoms with Crippen LogP contribution in [0.2, 0.25) is 5.02 Å². The largest absolute Gasteiger partial charge is 0.371 e. The van der Waals surface area contributed by atoms with Crippen LogP contribution in [-0.4, -0.2) is 34.3 Å². The molecule has 2 rings (SSSR count). The maximum atomic E-state index is 11.0. The van der Waals surface area contributed by atoms with E-state index in [1.165, 1.54) is 6.26 Å². The summed E-state index contributed by atoms with van der Waals surface area (Å²) in [6.45, 7) is 2.35. The summed E-state index contributed by atoms with van der Waals surface area (Å²) in [4.78, 5) is 2.25. The molecule has 0 spiro atoms. The van der Waals surface area contributed by atoms with Gasteiger partial charge in [-0.15, -0.1) is 0 Å². The van der Waals surface area contributed by atoms with E-state index in [-0.39, 0.29) is 0 Å². The van der Waals surface area contributed by atoms with Crippen molar-refractivity contribution in [1.82, 2.24) is 4.72 Å². The van der Waals surface area contributed by atoms with Crippen LogP contribution < -0.4 is 9.62 Å². The van der Waals surface area contributed by atoms with Gasteiger partial charge in [0.15, 0.2) is 0 Å². The van der Waals surface area contributed by atoms with E-state index < -0.39 is 10.0 Å². The van der Waals surface area contributed by atoms with Crippen LogP contribution in [0.5, 0.6) is 0 Å². The van der Waals surface area contributed by atoms with Gasteiger partial charge in [-0.2, -0.15) is 0 Å². The summed E-state index contributed by atoms with van der Waals surface area (Å²) >= 11 is 5.85. The zero-order valence-electron chi connectivity index (χ0n) is 10.3. The summed E-state index contributed by atoms with van der Waals surface area (Å²) in [6, 6.07) is 7.74. The number of hydrogen-bond donors (Lipinski definition) is 1. The van der Waals surface area contributed by atoms with Crippen LogP contribution in [0.15, 0.2) is 24.3 Å². The van der Waals surface area contributed by atoms with Crippen molar-refractivity contribution < 1.29 is 8.42 Å². The van der Waals surface area contributed by atoms with Gasteiger partial charge < -0.3 is 4.90 Å². The molecule has 0 saturated carbocycles. The van der Waals surface area contributed by atoms with Gasteiger partial charge in [-0.25, -0.2) is 13.1 Å². The molecular weight excluding hydrogens is 272 g/mol. The van der Waals surface area contributed by atoms with Gasteiger partial charge in [0.25, 0.3) is 0 Å². The molecule has 1 atom stereocenters. The predicted octanol–water partition coefficient (Wildman–Crippen LogP) is 1.72. The number of sulfonamides is 1. The van der Waals surface area contributed by atoms with Crippen molar-refractivity contribution in [3.05, 3.63) is 29.3 Å². The minimum Gasteiger partial charge on any atom is -0.371 e. The van der Waals surface area contributed by atoms with E-state index >= 15 is 0 Å². The van der Waals surface area contributed by atoms with Crippen molar-refractivity contribution in [2.45, 2.75) is 6.42 Å². The number of benzene rings is 1. The highest BCUT2D eigenvalue weighted by Gasteiger charge is 2.23. The second-order valence-electron chi connectivity index (χ2n) is 4.70. The third-order valence-corrected chi connectivity index (χ3v) is 4.05. The lowest BCUT2D eigenvalue weighted by molar-refractivity contribution is 0.545. The predicted molar refractivity (Wildman–Crippen MR) is 74.6 cm³/mol. The quantitative estimate of drug-likeness (QED) is 0.918. The number of nitrogens with zero attached hydrogens (tertiary/aromatic N) is 1. The zero-order valence-corrected chi connectivity index (χ0v) is 11.8. The van der Waals surface area contributed by atoms with Crippen LogP contribution in [-0.2, 0) is 10.0 Å². The van der Waals surface area contributed by atoms with Gasteiger partial charge >= 0.3 is 0 Å². The van der Waals surface area contributed by atoms with Gasteiger partial charge in [-0.3, -0.25) is 0 Å². The SMILES string of the molecule is CS(=O)(=O)NCC1CCN(c2ccc(Cl)cc2)C1. The molecule has 0 bridgehead atoms. The second-order valence-corrected chi connectivity index (χ2v) is 6.97. The first kappa shape index (κ1) is 13.6. The molecule has 6 heteroatoms. The molecule has 1 aliphatic heterocycles. The lowest BCUT2D eigenvalue weighted by Crippen LogP contribution is -2.30. The minimum absolute atomic E-state index is 0.371. The van der Waals surface area contributed by atoms with Crippen molar-refractivity contribution >= 4 is 27.3 Å². The van der Waals surface area contributed by atoms with Gasteiger partial charge in [0.05, 0.1) is 6.26 Å². The first-order valence-corrected chi connectivity index (χ1v) is 8.16. The molecule has 18 heavy (non-hydrogen) atoms. The molecule has 1 aromatic carbocycles. The van der Waals surface area contributed by atoms with E-state index in [0.717, 1.165) is 30.2 Å². The monoisotopic (exact) mass is 288 g/mol. The molecule has 1 aromatic rings. The summed E-state index contributed by atoms with van der Waals surface area (Å²) in [5.74, 6) is 0.371. The van der Waals surface area contributed by atoms with Gasteiger partial charge in [0.2, 0.25) is 10.0 Å². The van der Waals surface area contributed by atoms with Crippen LogP contribution in [0.3, 0.4) is 0 Å². The lowest BCUT2D eigenvalue weighted by atomic mass is 10.1. The van der Waals surface area contributed by atoms with Crippen molar-refractivity contribution in [3.8, 4) is 0 Å². The van der Waals surface area contributed by atoms with E-state index in [1.807, 2.05) is 24.3 Å². The third-order valence-electron chi connectivity index (χ3n) is 3.11. The van der Waals surface area contributed by atoms with Gasteiger partial charge in [-0.05, 0) is 36.6 Å². The Labute approximate surface area is 113 Å². The van der Waals surface area contributed by atoms with Crippen molar-refractivity contribution in [3.63, 3.8) is 0 Å². The standard InChI is InChI=1S/C12H17ClN2O2S/c1-18(16,17)14-8-10-6-7-15(9-10)12-4-2-11(13)3-5-12/h2-5,10,14H,6-9H2,1H3. The summed E-state index contributed by atoms with van der Waals surface area (Å²) in [5, 5.41) is 0.730. The Morgan fingerprint density at radius 1 is 1.39 bits per heavy atom. The Morgan fingerprint density at radius 2 is 2.06 bits per heavy atom.